The SMILES string of the molecule is Fc1ccc(Cl)c(-c2ccc(N[C@@H]3C[C@@H]4CN(CC5CC6C=CC5C6)C[C@@H]4C3)nn2)c1. The van der Waals surface area contributed by atoms with Gasteiger partial charge in [-0.1, -0.05) is 23.8 Å². The van der Waals surface area contributed by atoms with E-state index in [1.165, 1.54) is 57.5 Å². The van der Waals surface area contributed by atoms with Gasteiger partial charge in [0, 0.05) is 31.2 Å². The smallest absolute Gasteiger partial charge is 0.148 e. The molecule has 0 spiro atoms. The van der Waals surface area contributed by atoms with E-state index >= 15 is 0 Å². The number of hydrogen-bond donors (Lipinski definition) is 1. The van der Waals surface area contributed by atoms with Crippen molar-refractivity contribution >= 4 is 17.4 Å². The van der Waals surface area contributed by atoms with Crippen molar-refractivity contribution in [3.05, 3.63) is 53.3 Å². The number of halogens is 2. The van der Waals surface area contributed by atoms with Crippen molar-refractivity contribution < 1.29 is 4.39 Å². The molecule has 1 aliphatic heterocycles. The Balaban J connectivity index is 1.03. The Labute approximate surface area is 187 Å². The fourth-order valence-electron chi connectivity index (χ4n) is 6.56. The van der Waals surface area contributed by atoms with Crippen LogP contribution in [0.5, 0.6) is 0 Å². The molecule has 2 saturated carbocycles. The van der Waals surface area contributed by atoms with Gasteiger partial charge in [-0.2, -0.15) is 0 Å². The van der Waals surface area contributed by atoms with Crippen LogP contribution in [0.3, 0.4) is 0 Å². The Morgan fingerprint density at radius 1 is 1.00 bits per heavy atom. The predicted molar refractivity (Wildman–Crippen MR) is 121 cm³/mol. The largest absolute Gasteiger partial charge is 0.366 e. The van der Waals surface area contributed by atoms with Crippen molar-refractivity contribution in [3.8, 4) is 11.3 Å². The van der Waals surface area contributed by atoms with Crippen LogP contribution in [-0.4, -0.2) is 40.8 Å². The fraction of sp³-hybridized carbons (Fsp3) is 0.520. The lowest BCUT2D eigenvalue weighted by Gasteiger charge is -2.26. The van der Waals surface area contributed by atoms with E-state index in [1.54, 1.807) is 6.07 Å². The molecule has 1 aromatic heterocycles. The molecule has 2 heterocycles. The maximum absolute atomic E-state index is 13.5. The number of benzene rings is 1. The van der Waals surface area contributed by atoms with Crippen LogP contribution < -0.4 is 5.32 Å². The van der Waals surface area contributed by atoms with E-state index in [-0.39, 0.29) is 5.82 Å². The minimum Gasteiger partial charge on any atom is -0.366 e. The van der Waals surface area contributed by atoms with Crippen molar-refractivity contribution in [3.63, 3.8) is 0 Å². The molecule has 2 bridgehead atoms. The quantitative estimate of drug-likeness (QED) is 0.645. The molecule has 4 aliphatic rings. The highest BCUT2D eigenvalue weighted by molar-refractivity contribution is 6.33. The zero-order valence-corrected chi connectivity index (χ0v) is 18.3. The highest BCUT2D eigenvalue weighted by Crippen LogP contribution is 2.45. The maximum Gasteiger partial charge on any atom is 0.148 e. The van der Waals surface area contributed by atoms with Crippen LogP contribution in [0.2, 0.25) is 5.02 Å². The number of nitrogens with zero attached hydrogens (tertiary/aromatic N) is 3. The highest BCUT2D eigenvalue weighted by Gasteiger charge is 2.43. The van der Waals surface area contributed by atoms with Gasteiger partial charge in [-0.3, -0.25) is 0 Å². The minimum atomic E-state index is -0.327. The standard InChI is InChI=1S/C25H28ClFN4/c26-23-4-3-20(27)11-22(23)24-5-6-25(30-29-24)28-21-9-18-13-31(14-19(18)10-21)12-17-8-15-1-2-16(17)7-15/h1-6,11,15-19,21H,7-10,12-14H2,(H,28,30)/t15?,16?,17?,18-,19+,21-. The molecule has 31 heavy (non-hydrogen) atoms. The average molecular weight is 439 g/mol. The van der Waals surface area contributed by atoms with E-state index in [1.807, 2.05) is 12.1 Å². The highest BCUT2D eigenvalue weighted by atomic mass is 35.5. The third-order valence-corrected chi connectivity index (χ3v) is 8.29. The van der Waals surface area contributed by atoms with E-state index in [9.17, 15) is 4.39 Å². The molecule has 1 saturated heterocycles. The van der Waals surface area contributed by atoms with Crippen LogP contribution in [0.4, 0.5) is 10.2 Å². The second-order valence-electron chi connectivity index (χ2n) is 10.0. The molecular formula is C25H28ClFN4. The second kappa shape index (κ2) is 7.86. The molecule has 0 amide bonds. The van der Waals surface area contributed by atoms with Crippen LogP contribution in [-0.2, 0) is 0 Å². The Morgan fingerprint density at radius 2 is 1.84 bits per heavy atom. The van der Waals surface area contributed by atoms with Gasteiger partial charge in [0.1, 0.15) is 11.6 Å². The van der Waals surface area contributed by atoms with Crippen LogP contribution in [0.1, 0.15) is 25.7 Å². The van der Waals surface area contributed by atoms with Gasteiger partial charge in [-0.05, 0) is 85.6 Å². The van der Waals surface area contributed by atoms with Gasteiger partial charge >= 0.3 is 0 Å². The van der Waals surface area contributed by atoms with Crippen molar-refractivity contribution in [1.29, 1.82) is 0 Å². The van der Waals surface area contributed by atoms with Crippen LogP contribution in [0.25, 0.3) is 11.3 Å². The summed E-state index contributed by atoms with van der Waals surface area (Å²) < 4.78 is 13.5. The normalized spacial score (nSPS) is 33.9. The summed E-state index contributed by atoms with van der Waals surface area (Å²) in [7, 11) is 0. The summed E-state index contributed by atoms with van der Waals surface area (Å²) >= 11 is 6.19. The van der Waals surface area contributed by atoms with E-state index < -0.39 is 0 Å². The second-order valence-corrected chi connectivity index (χ2v) is 10.4. The summed E-state index contributed by atoms with van der Waals surface area (Å²) in [6.45, 7) is 3.80. The first-order valence-electron chi connectivity index (χ1n) is 11.6. The van der Waals surface area contributed by atoms with E-state index in [0.717, 1.165) is 35.4 Å². The maximum atomic E-state index is 13.5. The molecule has 162 valence electrons. The summed E-state index contributed by atoms with van der Waals surface area (Å²) in [4.78, 5) is 2.74. The monoisotopic (exact) mass is 438 g/mol. The molecule has 6 heteroatoms. The summed E-state index contributed by atoms with van der Waals surface area (Å²) in [6.07, 6.45) is 10.1. The number of hydrogen-bond acceptors (Lipinski definition) is 4. The first-order valence-corrected chi connectivity index (χ1v) is 11.9. The number of allylic oxidation sites excluding steroid dienone is 2. The van der Waals surface area contributed by atoms with Crippen molar-refractivity contribution in [2.45, 2.75) is 31.7 Å². The van der Waals surface area contributed by atoms with E-state index in [2.05, 4.69) is 32.6 Å². The molecule has 3 fully saturated rings. The first-order chi connectivity index (χ1) is 15.1. The molecule has 1 N–H and O–H groups in total. The summed E-state index contributed by atoms with van der Waals surface area (Å²) in [5, 5.41) is 12.7. The topological polar surface area (TPSA) is 41.0 Å². The van der Waals surface area contributed by atoms with E-state index in [4.69, 9.17) is 11.6 Å². The molecule has 3 aliphatic carbocycles. The van der Waals surface area contributed by atoms with Gasteiger partial charge in [0.15, 0.2) is 0 Å². The summed E-state index contributed by atoms with van der Waals surface area (Å²) in [5.41, 5.74) is 1.16. The zero-order chi connectivity index (χ0) is 20.9. The summed E-state index contributed by atoms with van der Waals surface area (Å²) in [6, 6.07) is 8.54. The fourth-order valence-corrected chi connectivity index (χ4v) is 6.77. The van der Waals surface area contributed by atoms with E-state index in [0.29, 0.717) is 22.3 Å². The van der Waals surface area contributed by atoms with Gasteiger partial charge < -0.3 is 10.2 Å². The Kier molecular flexibility index (Phi) is 4.99. The van der Waals surface area contributed by atoms with Crippen molar-refractivity contribution in [1.82, 2.24) is 15.1 Å². The molecule has 1 aromatic carbocycles. The predicted octanol–water partition coefficient (Wildman–Crippen LogP) is 5.27. The van der Waals surface area contributed by atoms with Crippen LogP contribution in [0, 0.1) is 35.4 Å². The van der Waals surface area contributed by atoms with Gasteiger partial charge in [-0.15, -0.1) is 10.2 Å². The lowest BCUT2D eigenvalue weighted by Crippen LogP contribution is -2.31. The minimum absolute atomic E-state index is 0.327. The Bertz CT molecular complexity index is 980. The molecule has 4 nitrogen and oxygen atoms in total. The third-order valence-electron chi connectivity index (χ3n) is 7.96. The Hall–Kier alpha value is -1.98. The Morgan fingerprint density at radius 3 is 2.52 bits per heavy atom. The van der Waals surface area contributed by atoms with Gasteiger partial charge in [0.25, 0.3) is 0 Å². The van der Waals surface area contributed by atoms with Gasteiger partial charge in [0.05, 0.1) is 10.7 Å². The molecule has 3 unspecified atom stereocenters. The molecule has 6 atom stereocenters. The zero-order valence-electron chi connectivity index (χ0n) is 17.6. The first kappa shape index (κ1) is 19.7. The number of fused-ring (bicyclic) bond motifs is 3. The van der Waals surface area contributed by atoms with Crippen LogP contribution >= 0.6 is 11.6 Å². The van der Waals surface area contributed by atoms with Crippen molar-refractivity contribution in [2.75, 3.05) is 25.0 Å². The number of likely N-dealkylation sites (tertiary alicyclic amines) is 1. The van der Waals surface area contributed by atoms with Crippen LogP contribution in [0.15, 0.2) is 42.5 Å². The van der Waals surface area contributed by atoms with Gasteiger partial charge in [0.2, 0.25) is 0 Å². The number of rotatable bonds is 5. The average Bonchev–Trinajstić information content (AvgIpc) is 3.52. The molecule has 0 radical (unpaired) electrons. The molecule has 2 aromatic rings. The summed E-state index contributed by atoms with van der Waals surface area (Å²) in [5.74, 6) is 4.66. The molecule has 6 rings (SSSR count). The van der Waals surface area contributed by atoms with Crippen molar-refractivity contribution in [2.24, 2.45) is 29.6 Å². The van der Waals surface area contributed by atoms with Gasteiger partial charge in [-0.25, -0.2) is 4.39 Å². The number of nitrogens with one attached hydrogen (secondary N) is 1. The lowest BCUT2D eigenvalue weighted by atomic mass is 9.93. The number of anilines is 1. The number of aromatic nitrogens is 2. The third kappa shape index (κ3) is 3.87. The lowest BCUT2D eigenvalue weighted by molar-refractivity contribution is 0.238. The molecular weight excluding hydrogens is 411 g/mol.